The van der Waals surface area contributed by atoms with Gasteiger partial charge in [-0.2, -0.15) is 5.26 Å². The van der Waals surface area contributed by atoms with E-state index in [2.05, 4.69) is 6.07 Å². The molecular formula is C27H23FN2O5. The van der Waals surface area contributed by atoms with E-state index in [0.29, 0.717) is 36.0 Å². The third-order valence-corrected chi connectivity index (χ3v) is 5.38. The van der Waals surface area contributed by atoms with Gasteiger partial charge in [0.05, 0.1) is 24.7 Å². The van der Waals surface area contributed by atoms with Crippen LogP contribution in [0.4, 0.5) is 4.39 Å². The monoisotopic (exact) mass is 474 g/mol. The number of nitrogens with zero attached hydrogens (tertiary/aromatic N) is 1. The quantitative estimate of drug-likeness (QED) is 0.377. The molecule has 0 fully saturated rings. The summed E-state index contributed by atoms with van der Waals surface area (Å²) in [7, 11) is 0. The SMILES string of the molecule is CCOc1ccc(C2C(C#N)=C(N)Oc3cc(OC(=O)c4ccc(F)cc4)ccc32)cc1OCC. The van der Waals surface area contributed by atoms with Gasteiger partial charge >= 0.3 is 5.97 Å². The molecule has 178 valence electrons. The van der Waals surface area contributed by atoms with Crippen LogP contribution >= 0.6 is 0 Å². The Kier molecular flexibility index (Phi) is 6.88. The molecule has 4 rings (SSSR count). The first kappa shape index (κ1) is 23.6. The van der Waals surface area contributed by atoms with Crippen molar-refractivity contribution in [1.29, 1.82) is 5.26 Å². The molecule has 1 aliphatic heterocycles. The first-order chi connectivity index (χ1) is 16.9. The van der Waals surface area contributed by atoms with Crippen LogP contribution in [0.5, 0.6) is 23.0 Å². The second-order valence-electron chi connectivity index (χ2n) is 7.59. The molecule has 0 aromatic heterocycles. The van der Waals surface area contributed by atoms with Gasteiger partial charge < -0.3 is 24.7 Å². The van der Waals surface area contributed by atoms with Gasteiger partial charge in [-0.3, -0.25) is 0 Å². The summed E-state index contributed by atoms with van der Waals surface area (Å²) in [4.78, 5) is 12.4. The zero-order chi connectivity index (χ0) is 24.9. The molecule has 35 heavy (non-hydrogen) atoms. The van der Waals surface area contributed by atoms with Crippen molar-refractivity contribution in [2.24, 2.45) is 5.73 Å². The van der Waals surface area contributed by atoms with Gasteiger partial charge in [-0.25, -0.2) is 9.18 Å². The Bertz CT molecular complexity index is 1330. The number of allylic oxidation sites excluding steroid dienone is 1. The lowest BCUT2D eigenvalue weighted by Crippen LogP contribution is -2.21. The lowest BCUT2D eigenvalue weighted by molar-refractivity contribution is 0.0734. The first-order valence-electron chi connectivity index (χ1n) is 11.0. The van der Waals surface area contributed by atoms with Gasteiger partial charge in [0, 0.05) is 11.6 Å². The van der Waals surface area contributed by atoms with Gasteiger partial charge in [-0.1, -0.05) is 12.1 Å². The number of rotatable bonds is 7. The molecule has 7 nitrogen and oxygen atoms in total. The molecule has 1 aliphatic rings. The summed E-state index contributed by atoms with van der Waals surface area (Å²) in [5, 5.41) is 9.83. The largest absolute Gasteiger partial charge is 0.490 e. The maximum atomic E-state index is 13.1. The highest BCUT2D eigenvalue weighted by Crippen LogP contribution is 2.45. The molecule has 0 saturated heterocycles. The summed E-state index contributed by atoms with van der Waals surface area (Å²) in [5.74, 6) is 0.0526. The number of ether oxygens (including phenoxy) is 4. The summed E-state index contributed by atoms with van der Waals surface area (Å²) >= 11 is 0. The summed E-state index contributed by atoms with van der Waals surface area (Å²) in [6.07, 6.45) is 0. The smallest absolute Gasteiger partial charge is 0.343 e. The van der Waals surface area contributed by atoms with Crippen molar-refractivity contribution >= 4 is 5.97 Å². The molecular weight excluding hydrogens is 451 g/mol. The minimum Gasteiger partial charge on any atom is -0.490 e. The summed E-state index contributed by atoms with van der Waals surface area (Å²) < 4.78 is 35.7. The molecule has 0 aliphatic carbocycles. The number of carbonyl (C=O) groups is 1. The minimum absolute atomic E-state index is 0.0427. The Morgan fingerprint density at radius 2 is 1.74 bits per heavy atom. The van der Waals surface area contributed by atoms with E-state index in [1.54, 1.807) is 18.2 Å². The third-order valence-electron chi connectivity index (χ3n) is 5.38. The van der Waals surface area contributed by atoms with Crippen molar-refractivity contribution in [3.8, 4) is 29.1 Å². The van der Waals surface area contributed by atoms with Crippen LogP contribution in [0.1, 0.15) is 41.3 Å². The molecule has 0 saturated carbocycles. The number of carbonyl (C=O) groups excluding carboxylic acids is 1. The Morgan fingerprint density at radius 3 is 2.43 bits per heavy atom. The number of esters is 1. The fourth-order valence-electron chi connectivity index (χ4n) is 3.84. The molecule has 0 amide bonds. The van der Waals surface area contributed by atoms with Crippen molar-refractivity contribution in [2.45, 2.75) is 19.8 Å². The van der Waals surface area contributed by atoms with E-state index in [-0.39, 0.29) is 22.8 Å². The fourth-order valence-corrected chi connectivity index (χ4v) is 3.84. The molecule has 1 unspecified atom stereocenters. The maximum Gasteiger partial charge on any atom is 0.343 e. The van der Waals surface area contributed by atoms with Crippen LogP contribution in [0, 0.1) is 17.1 Å². The van der Waals surface area contributed by atoms with Crippen molar-refractivity contribution in [1.82, 2.24) is 0 Å². The zero-order valence-corrected chi connectivity index (χ0v) is 19.2. The van der Waals surface area contributed by atoms with Gasteiger partial charge in [-0.05, 0) is 61.9 Å². The number of hydrogen-bond donors (Lipinski definition) is 1. The number of nitriles is 1. The number of hydrogen-bond acceptors (Lipinski definition) is 7. The van der Waals surface area contributed by atoms with Crippen molar-refractivity contribution < 1.29 is 28.1 Å². The van der Waals surface area contributed by atoms with E-state index in [1.165, 1.54) is 30.3 Å². The van der Waals surface area contributed by atoms with E-state index >= 15 is 0 Å². The van der Waals surface area contributed by atoms with Gasteiger partial charge in [0.15, 0.2) is 11.5 Å². The van der Waals surface area contributed by atoms with Crippen molar-refractivity contribution in [2.75, 3.05) is 13.2 Å². The molecule has 3 aromatic rings. The number of nitrogens with two attached hydrogens (primary N) is 1. The molecule has 0 bridgehead atoms. The number of fused-ring (bicyclic) bond motifs is 1. The van der Waals surface area contributed by atoms with Crippen LogP contribution in [0.25, 0.3) is 0 Å². The van der Waals surface area contributed by atoms with Crippen LogP contribution in [-0.2, 0) is 0 Å². The van der Waals surface area contributed by atoms with Gasteiger partial charge in [0.25, 0.3) is 0 Å². The number of benzene rings is 3. The van der Waals surface area contributed by atoms with Crippen molar-refractivity contribution in [3.63, 3.8) is 0 Å². The first-order valence-corrected chi connectivity index (χ1v) is 11.0. The van der Waals surface area contributed by atoms with Crippen LogP contribution in [-0.4, -0.2) is 19.2 Å². The average Bonchev–Trinajstić information content (AvgIpc) is 2.85. The lowest BCUT2D eigenvalue weighted by Gasteiger charge is -2.27. The van der Waals surface area contributed by atoms with E-state index in [9.17, 15) is 14.4 Å². The normalized spacial score (nSPS) is 14.4. The van der Waals surface area contributed by atoms with E-state index in [4.69, 9.17) is 24.7 Å². The average molecular weight is 474 g/mol. The summed E-state index contributed by atoms with van der Waals surface area (Å²) in [6, 6.07) is 17.5. The molecule has 0 spiro atoms. The topological polar surface area (TPSA) is 104 Å². The van der Waals surface area contributed by atoms with E-state index < -0.39 is 17.7 Å². The van der Waals surface area contributed by atoms with Crippen molar-refractivity contribution in [3.05, 3.63) is 94.6 Å². The summed E-state index contributed by atoms with van der Waals surface area (Å²) in [5.41, 5.74) is 7.98. The van der Waals surface area contributed by atoms with E-state index in [0.717, 1.165) is 5.56 Å². The maximum absolute atomic E-state index is 13.1. The third kappa shape index (κ3) is 4.89. The molecule has 0 radical (unpaired) electrons. The Morgan fingerprint density at radius 1 is 1.03 bits per heavy atom. The predicted molar refractivity (Wildman–Crippen MR) is 126 cm³/mol. The minimum atomic E-state index is -0.647. The molecule has 3 aromatic carbocycles. The zero-order valence-electron chi connectivity index (χ0n) is 19.2. The molecule has 1 atom stereocenters. The molecule has 2 N–H and O–H groups in total. The van der Waals surface area contributed by atoms with Crippen LogP contribution in [0.2, 0.25) is 0 Å². The lowest BCUT2D eigenvalue weighted by atomic mass is 9.83. The number of halogens is 1. The van der Waals surface area contributed by atoms with Crippen LogP contribution in [0.15, 0.2) is 72.1 Å². The highest BCUT2D eigenvalue weighted by Gasteiger charge is 2.32. The van der Waals surface area contributed by atoms with Crippen LogP contribution < -0.4 is 24.7 Å². The Balaban J connectivity index is 1.70. The van der Waals surface area contributed by atoms with Gasteiger partial charge in [0.1, 0.15) is 29.0 Å². The Labute approximate surface area is 202 Å². The van der Waals surface area contributed by atoms with Gasteiger partial charge in [-0.15, -0.1) is 0 Å². The highest BCUT2D eigenvalue weighted by atomic mass is 19.1. The highest BCUT2D eigenvalue weighted by molar-refractivity contribution is 5.91. The molecule has 1 heterocycles. The fraction of sp³-hybridized carbons (Fsp3) is 0.185. The molecule has 8 heteroatoms. The predicted octanol–water partition coefficient (Wildman–Crippen LogP) is 5.06. The van der Waals surface area contributed by atoms with E-state index in [1.807, 2.05) is 26.0 Å². The van der Waals surface area contributed by atoms with Gasteiger partial charge in [0.2, 0.25) is 5.88 Å². The summed E-state index contributed by atoms with van der Waals surface area (Å²) in [6.45, 7) is 4.69. The second kappa shape index (κ2) is 10.2. The van der Waals surface area contributed by atoms with Crippen LogP contribution in [0.3, 0.4) is 0 Å². The standard InChI is InChI=1S/C27H23FN2O5/c1-3-32-22-12-7-17(13-24(22)33-4-2)25-20-11-10-19(14-23(20)35-26(30)21(25)15-29)34-27(31)16-5-8-18(28)9-6-16/h5-14,25H,3-4,30H2,1-2H3. The Hall–Kier alpha value is -4.51. The second-order valence-corrected chi connectivity index (χ2v) is 7.59.